The van der Waals surface area contributed by atoms with Crippen LogP contribution in [0.3, 0.4) is 0 Å². The predicted molar refractivity (Wildman–Crippen MR) is 51.0 cm³/mol. The number of nitrogens with two attached hydrogens (primary N) is 1. The Hall–Kier alpha value is -1.84. The number of primary amides is 1. The highest BCUT2D eigenvalue weighted by Crippen LogP contribution is 2.15. The maximum Gasteiger partial charge on any atom is 0.310 e. The summed E-state index contributed by atoms with van der Waals surface area (Å²) < 4.78 is 0. The molecule has 1 rings (SSSR count). The Labute approximate surface area is 81.3 Å². The van der Waals surface area contributed by atoms with E-state index in [1.807, 2.05) is 0 Å². The maximum atomic E-state index is 10.7. The number of hydrogen-bond acceptors (Lipinski definition) is 2. The highest BCUT2D eigenvalue weighted by Gasteiger charge is 2.13. The number of amides is 1. The Morgan fingerprint density at radius 3 is 2.14 bits per heavy atom. The van der Waals surface area contributed by atoms with Gasteiger partial charge in [-0.25, -0.2) is 0 Å². The summed E-state index contributed by atoms with van der Waals surface area (Å²) in [5, 5.41) is 8.72. The number of carboxylic acid groups (broad SMARTS) is 1. The van der Waals surface area contributed by atoms with Gasteiger partial charge >= 0.3 is 5.97 Å². The molecule has 0 spiro atoms. The second-order valence-corrected chi connectivity index (χ2v) is 3.05. The SMILES string of the molecule is C[C@@H](C(=O)O)c1ccc(C(N)=O)cc1. The highest BCUT2D eigenvalue weighted by molar-refractivity contribution is 5.92. The zero-order chi connectivity index (χ0) is 10.7. The lowest BCUT2D eigenvalue weighted by Gasteiger charge is -2.06. The van der Waals surface area contributed by atoms with Crippen molar-refractivity contribution in [3.8, 4) is 0 Å². The largest absolute Gasteiger partial charge is 0.481 e. The molecular weight excluding hydrogens is 182 g/mol. The molecular formula is C10H11NO3. The van der Waals surface area contributed by atoms with Crippen LogP contribution in [0, 0.1) is 0 Å². The number of carboxylic acids is 1. The van der Waals surface area contributed by atoms with Crippen LogP contribution in [0.25, 0.3) is 0 Å². The van der Waals surface area contributed by atoms with E-state index in [1.165, 1.54) is 12.1 Å². The van der Waals surface area contributed by atoms with Crippen LogP contribution < -0.4 is 5.73 Å². The molecule has 1 atom stereocenters. The second kappa shape index (κ2) is 3.91. The molecule has 0 aliphatic carbocycles. The Balaban J connectivity index is 2.94. The zero-order valence-corrected chi connectivity index (χ0v) is 7.73. The first-order valence-electron chi connectivity index (χ1n) is 4.15. The number of carbonyl (C=O) groups is 2. The van der Waals surface area contributed by atoms with Crippen molar-refractivity contribution < 1.29 is 14.7 Å². The standard InChI is InChI=1S/C10H11NO3/c1-6(10(13)14)7-2-4-8(5-3-7)9(11)12/h2-6H,1H3,(H2,11,12)(H,13,14)/t6-/m1/s1. The zero-order valence-electron chi connectivity index (χ0n) is 7.73. The van der Waals surface area contributed by atoms with Gasteiger partial charge in [0.05, 0.1) is 5.92 Å². The number of benzene rings is 1. The third-order valence-corrected chi connectivity index (χ3v) is 2.07. The van der Waals surface area contributed by atoms with Crippen LogP contribution in [0.15, 0.2) is 24.3 Å². The number of aliphatic carboxylic acids is 1. The Morgan fingerprint density at radius 1 is 1.29 bits per heavy atom. The maximum absolute atomic E-state index is 10.7. The fourth-order valence-electron chi connectivity index (χ4n) is 1.08. The molecule has 0 fully saturated rings. The van der Waals surface area contributed by atoms with Crippen molar-refractivity contribution in [2.75, 3.05) is 0 Å². The fraction of sp³-hybridized carbons (Fsp3) is 0.200. The molecule has 0 aliphatic rings. The van der Waals surface area contributed by atoms with Crippen LogP contribution >= 0.6 is 0 Å². The average Bonchev–Trinajstić information content (AvgIpc) is 2.16. The molecule has 0 unspecified atom stereocenters. The van der Waals surface area contributed by atoms with E-state index < -0.39 is 17.8 Å². The quantitative estimate of drug-likeness (QED) is 0.750. The van der Waals surface area contributed by atoms with Crippen molar-refractivity contribution in [2.45, 2.75) is 12.8 Å². The first-order chi connectivity index (χ1) is 6.52. The van der Waals surface area contributed by atoms with Gasteiger partial charge in [-0.3, -0.25) is 9.59 Å². The minimum Gasteiger partial charge on any atom is -0.481 e. The summed E-state index contributed by atoms with van der Waals surface area (Å²) in [5.74, 6) is -1.98. The molecule has 0 aromatic heterocycles. The van der Waals surface area contributed by atoms with Crippen molar-refractivity contribution in [2.24, 2.45) is 5.73 Å². The Bertz CT molecular complexity index is 356. The van der Waals surface area contributed by atoms with Gasteiger partial charge in [0.25, 0.3) is 0 Å². The summed E-state index contributed by atoms with van der Waals surface area (Å²) in [6.07, 6.45) is 0. The molecule has 1 aromatic carbocycles. The van der Waals surface area contributed by atoms with E-state index in [0.29, 0.717) is 11.1 Å². The van der Waals surface area contributed by atoms with Crippen LogP contribution in [0.1, 0.15) is 28.8 Å². The first kappa shape index (κ1) is 10.2. The van der Waals surface area contributed by atoms with Crippen LogP contribution in [0.2, 0.25) is 0 Å². The molecule has 0 bridgehead atoms. The number of carbonyl (C=O) groups excluding carboxylic acids is 1. The normalized spacial score (nSPS) is 12.1. The van der Waals surface area contributed by atoms with Crippen molar-refractivity contribution >= 4 is 11.9 Å². The van der Waals surface area contributed by atoms with E-state index in [4.69, 9.17) is 10.8 Å². The molecule has 0 saturated carbocycles. The van der Waals surface area contributed by atoms with Crippen molar-refractivity contribution in [1.82, 2.24) is 0 Å². The van der Waals surface area contributed by atoms with Gasteiger partial charge in [0.15, 0.2) is 0 Å². The predicted octanol–water partition coefficient (Wildman–Crippen LogP) is 0.974. The van der Waals surface area contributed by atoms with Crippen LogP contribution in [-0.2, 0) is 4.79 Å². The molecule has 1 aromatic rings. The molecule has 4 nitrogen and oxygen atoms in total. The summed E-state index contributed by atoms with van der Waals surface area (Å²) >= 11 is 0. The topological polar surface area (TPSA) is 80.4 Å². The molecule has 0 aliphatic heterocycles. The summed E-state index contributed by atoms with van der Waals surface area (Å²) in [6.45, 7) is 1.58. The molecule has 0 heterocycles. The molecule has 0 radical (unpaired) electrons. The van der Waals surface area contributed by atoms with E-state index in [2.05, 4.69) is 0 Å². The van der Waals surface area contributed by atoms with Gasteiger partial charge in [0.1, 0.15) is 0 Å². The minimum atomic E-state index is -0.892. The van der Waals surface area contributed by atoms with Gasteiger partial charge in [-0.15, -0.1) is 0 Å². The monoisotopic (exact) mass is 193 g/mol. The summed E-state index contributed by atoms with van der Waals surface area (Å²) in [5.41, 5.74) is 6.08. The van der Waals surface area contributed by atoms with Crippen molar-refractivity contribution in [3.05, 3.63) is 35.4 Å². The Kier molecular flexibility index (Phi) is 2.86. The summed E-state index contributed by atoms with van der Waals surface area (Å²) in [4.78, 5) is 21.3. The summed E-state index contributed by atoms with van der Waals surface area (Å²) in [7, 11) is 0. The van der Waals surface area contributed by atoms with Crippen LogP contribution in [0.4, 0.5) is 0 Å². The van der Waals surface area contributed by atoms with E-state index in [1.54, 1.807) is 19.1 Å². The van der Waals surface area contributed by atoms with Gasteiger partial charge in [0, 0.05) is 5.56 Å². The third-order valence-electron chi connectivity index (χ3n) is 2.07. The van der Waals surface area contributed by atoms with Crippen LogP contribution in [-0.4, -0.2) is 17.0 Å². The van der Waals surface area contributed by atoms with Gasteiger partial charge in [-0.2, -0.15) is 0 Å². The van der Waals surface area contributed by atoms with E-state index in [-0.39, 0.29) is 0 Å². The minimum absolute atomic E-state index is 0.381. The van der Waals surface area contributed by atoms with Gasteiger partial charge in [-0.1, -0.05) is 12.1 Å². The van der Waals surface area contributed by atoms with Gasteiger partial charge in [-0.05, 0) is 24.6 Å². The third kappa shape index (κ3) is 2.10. The molecule has 1 amide bonds. The molecule has 4 heteroatoms. The molecule has 0 saturated heterocycles. The van der Waals surface area contributed by atoms with Crippen molar-refractivity contribution in [3.63, 3.8) is 0 Å². The van der Waals surface area contributed by atoms with E-state index in [0.717, 1.165) is 0 Å². The Morgan fingerprint density at radius 2 is 1.79 bits per heavy atom. The lowest BCUT2D eigenvalue weighted by atomic mass is 10.00. The second-order valence-electron chi connectivity index (χ2n) is 3.05. The number of rotatable bonds is 3. The van der Waals surface area contributed by atoms with Crippen molar-refractivity contribution in [1.29, 1.82) is 0 Å². The summed E-state index contributed by atoms with van der Waals surface area (Å²) in [6, 6.07) is 6.24. The number of hydrogen-bond donors (Lipinski definition) is 2. The van der Waals surface area contributed by atoms with E-state index >= 15 is 0 Å². The first-order valence-corrected chi connectivity index (χ1v) is 4.15. The van der Waals surface area contributed by atoms with Gasteiger partial charge < -0.3 is 10.8 Å². The molecule has 14 heavy (non-hydrogen) atoms. The average molecular weight is 193 g/mol. The highest BCUT2D eigenvalue weighted by atomic mass is 16.4. The molecule has 74 valence electrons. The van der Waals surface area contributed by atoms with Crippen LogP contribution in [0.5, 0.6) is 0 Å². The smallest absolute Gasteiger partial charge is 0.310 e. The van der Waals surface area contributed by atoms with E-state index in [9.17, 15) is 9.59 Å². The fourth-order valence-corrected chi connectivity index (χ4v) is 1.08. The lowest BCUT2D eigenvalue weighted by Crippen LogP contribution is -2.12. The lowest BCUT2D eigenvalue weighted by molar-refractivity contribution is -0.138. The molecule has 3 N–H and O–H groups in total. The van der Waals surface area contributed by atoms with Gasteiger partial charge in [0.2, 0.25) is 5.91 Å².